The zero-order valence-electron chi connectivity index (χ0n) is 19.1. The molecule has 1 aliphatic carbocycles. The molecule has 0 spiro atoms. The second-order valence-corrected chi connectivity index (χ2v) is 8.70. The molecule has 0 saturated carbocycles. The van der Waals surface area contributed by atoms with Gasteiger partial charge in [-0.2, -0.15) is 0 Å². The third-order valence-electron chi connectivity index (χ3n) is 6.56. The van der Waals surface area contributed by atoms with E-state index in [1.54, 1.807) is 14.2 Å². The largest absolute Gasteiger partial charge is 0.493 e. The molecule has 0 fully saturated rings. The van der Waals surface area contributed by atoms with E-state index in [0.29, 0.717) is 17.9 Å². The lowest BCUT2D eigenvalue weighted by atomic mass is 9.78. The van der Waals surface area contributed by atoms with E-state index in [2.05, 4.69) is 54.0 Å². The van der Waals surface area contributed by atoms with Crippen LogP contribution in [0, 0.1) is 6.92 Å². The smallest absolute Gasteiger partial charge is 0.163 e. The zero-order valence-corrected chi connectivity index (χ0v) is 19.1. The first-order valence-corrected chi connectivity index (χ1v) is 11.2. The number of para-hydroxylation sites is 2. The van der Waals surface area contributed by atoms with Crippen LogP contribution in [0.2, 0.25) is 0 Å². The van der Waals surface area contributed by atoms with Crippen LogP contribution in [-0.4, -0.2) is 20.0 Å². The van der Waals surface area contributed by atoms with E-state index in [1.807, 2.05) is 30.3 Å². The molecule has 2 aliphatic rings. The van der Waals surface area contributed by atoms with Crippen LogP contribution in [0.4, 0.5) is 11.4 Å². The molecule has 5 rings (SSSR count). The quantitative estimate of drug-likeness (QED) is 0.522. The van der Waals surface area contributed by atoms with E-state index >= 15 is 0 Å². The van der Waals surface area contributed by atoms with E-state index < -0.39 is 0 Å². The summed E-state index contributed by atoms with van der Waals surface area (Å²) in [7, 11) is 3.26. The molecule has 168 valence electrons. The molecule has 5 heteroatoms. The molecule has 2 unspecified atom stereocenters. The number of Topliss-reactive ketones (excluding diaryl/α,β-unsaturated/α-hetero) is 1. The highest BCUT2D eigenvalue weighted by Gasteiger charge is 2.36. The van der Waals surface area contributed by atoms with Gasteiger partial charge in [-0.3, -0.25) is 4.79 Å². The number of allylic oxidation sites excluding steroid dienone is 1. The Morgan fingerprint density at radius 1 is 0.818 bits per heavy atom. The van der Waals surface area contributed by atoms with Gasteiger partial charge in [0.15, 0.2) is 17.3 Å². The third-order valence-corrected chi connectivity index (χ3v) is 6.56. The van der Waals surface area contributed by atoms with Crippen molar-refractivity contribution in [2.75, 3.05) is 24.9 Å². The molecule has 0 saturated heterocycles. The SMILES string of the molecule is COc1ccc(C2CC(=O)C3=C(C2)Nc2ccccc2NC3c2cccc(C)c2)cc1OC. The van der Waals surface area contributed by atoms with Crippen molar-refractivity contribution in [2.45, 2.75) is 31.7 Å². The summed E-state index contributed by atoms with van der Waals surface area (Å²) in [4.78, 5) is 13.7. The van der Waals surface area contributed by atoms with Gasteiger partial charge in [-0.05, 0) is 54.7 Å². The number of hydrogen-bond donors (Lipinski definition) is 2. The second kappa shape index (κ2) is 8.66. The average molecular weight is 441 g/mol. The predicted octanol–water partition coefficient (Wildman–Crippen LogP) is 5.99. The van der Waals surface area contributed by atoms with Crippen LogP contribution in [0.25, 0.3) is 0 Å². The lowest BCUT2D eigenvalue weighted by Crippen LogP contribution is -2.27. The van der Waals surface area contributed by atoms with Crippen LogP contribution in [-0.2, 0) is 4.79 Å². The van der Waals surface area contributed by atoms with Crippen LogP contribution >= 0.6 is 0 Å². The average Bonchev–Trinajstić information content (AvgIpc) is 3.00. The van der Waals surface area contributed by atoms with Gasteiger partial charge in [0, 0.05) is 17.7 Å². The molecule has 3 aromatic carbocycles. The Balaban J connectivity index is 1.58. The molecule has 33 heavy (non-hydrogen) atoms. The molecule has 0 amide bonds. The number of rotatable bonds is 4. The summed E-state index contributed by atoms with van der Waals surface area (Å²) in [6.45, 7) is 2.08. The van der Waals surface area contributed by atoms with Gasteiger partial charge >= 0.3 is 0 Å². The van der Waals surface area contributed by atoms with Crippen molar-refractivity contribution >= 4 is 17.2 Å². The van der Waals surface area contributed by atoms with Crippen molar-refractivity contribution in [3.63, 3.8) is 0 Å². The van der Waals surface area contributed by atoms with E-state index in [0.717, 1.165) is 40.2 Å². The Labute approximate surface area is 194 Å². The highest BCUT2D eigenvalue weighted by atomic mass is 16.5. The number of benzene rings is 3. The highest BCUT2D eigenvalue weighted by molar-refractivity contribution is 6.01. The fourth-order valence-corrected chi connectivity index (χ4v) is 4.93. The highest BCUT2D eigenvalue weighted by Crippen LogP contribution is 2.45. The molecule has 3 aromatic rings. The van der Waals surface area contributed by atoms with Crippen molar-refractivity contribution in [3.05, 3.63) is 94.7 Å². The lowest BCUT2D eigenvalue weighted by molar-refractivity contribution is -0.116. The number of fused-ring (bicyclic) bond motifs is 1. The second-order valence-electron chi connectivity index (χ2n) is 8.70. The Bertz CT molecular complexity index is 1250. The summed E-state index contributed by atoms with van der Waals surface area (Å²) in [5.41, 5.74) is 7.14. The molecule has 0 bridgehead atoms. The standard InChI is InChI=1S/C28H28N2O3/c1-17-7-6-8-19(13-17)28-27-23(29-21-9-4-5-10-22(21)30-28)14-20(15-24(27)31)18-11-12-25(32-2)26(16-18)33-3/h4-13,16,20,28-30H,14-15H2,1-3H3. The van der Waals surface area contributed by atoms with Gasteiger partial charge in [-0.1, -0.05) is 48.0 Å². The topological polar surface area (TPSA) is 59.6 Å². The number of carbonyl (C=O) groups is 1. The van der Waals surface area contributed by atoms with E-state index in [-0.39, 0.29) is 17.7 Å². The van der Waals surface area contributed by atoms with Crippen molar-refractivity contribution in [2.24, 2.45) is 0 Å². The molecule has 1 heterocycles. The van der Waals surface area contributed by atoms with Crippen molar-refractivity contribution in [3.8, 4) is 11.5 Å². The van der Waals surface area contributed by atoms with Gasteiger partial charge in [0.2, 0.25) is 0 Å². The molecular weight excluding hydrogens is 412 g/mol. The number of aryl methyl sites for hydroxylation is 1. The number of nitrogens with one attached hydrogen (secondary N) is 2. The third kappa shape index (κ3) is 3.95. The fourth-order valence-electron chi connectivity index (χ4n) is 4.93. The van der Waals surface area contributed by atoms with Gasteiger partial charge in [-0.15, -0.1) is 0 Å². The zero-order chi connectivity index (χ0) is 22.9. The minimum Gasteiger partial charge on any atom is -0.493 e. The predicted molar refractivity (Wildman–Crippen MR) is 131 cm³/mol. The maximum atomic E-state index is 13.7. The molecule has 2 atom stereocenters. The molecule has 0 radical (unpaired) electrons. The van der Waals surface area contributed by atoms with Crippen LogP contribution in [0.3, 0.4) is 0 Å². The molecular formula is C28H28N2O3. The van der Waals surface area contributed by atoms with Gasteiger partial charge in [0.1, 0.15) is 0 Å². The van der Waals surface area contributed by atoms with E-state index in [9.17, 15) is 4.79 Å². The summed E-state index contributed by atoms with van der Waals surface area (Å²) in [6, 6.07) is 22.3. The molecule has 0 aromatic heterocycles. The Hall–Kier alpha value is -3.73. The van der Waals surface area contributed by atoms with Gasteiger partial charge in [0.25, 0.3) is 0 Å². The number of hydrogen-bond acceptors (Lipinski definition) is 5. The van der Waals surface area contributed by atoms with Gasteiger partial charge < -0.3 is 20.1 Å². The number of ketones is 1. The summed E-state index contributed by atoms with van der Waals surface area (Å²) in [5, 5.41) is 7.24. The van der Waals surface area contributed by atoms with Crippen molar-refractivity contribution in [1.29, 1.82) is 0 Å². The Morgan fingerprint density at radius 2 is 1.61 bits per heavy atom. The van der Waals surface area contributed by atoms with Crippen LogP contribution in [0.5, 0.6) is 11.5 Å². The van der Waals surface area contributed by atoms with E-state index in [1.165, 1.54) is 5.56 Å². The van der Waals surface area contributed by atoms with Crippen LogP contribution in [0.15, 0.2) is 78.0 Å². The molecule has 5 nitrogen and oxygen atoms in total. The van der Waals surface area contributed by atoms with Crippen LogP contribution < -0.4 is 20.1 Å². The summed E-state index contributed by atoms with van der Waals surface area (Å²) < 4.78 is 10.9. The minimum atomic E-state index is -0.199. The number of ether oxygens (including phenoxy) is 2. The number of carbonyl (C=O) groups excluding carboxylic acids is 1. The normalized spacial score (nSPS) is 19.5. The monoisotopic (exact) mass is 440 g/mol. The Kier molecular flexibility index (Phi) is 5.55. The Morgan fingerprint density at radius 3 is 2.36 bits per heavy atom. The fraction of sp³-hybridized carbons (Fsp3) is 0.250. The van der Waals surface area contributed by atoms with Gasteiger partial charge in [-0.25, -0.2) is 0 Å². The number of anilines is 2. The lowest BCUT2D eigenvalue weighted by Gasteiger charge is -2.30. The maximum absolute atomic E-state index is 13.7. The van der Waals surface area contributed by atoms with Crippen molar-refractivity contribution in [1.82, 2.24) is 0 Å². The molecule has 1 aliphatic heterocycles. The van der Waals surface area contributed by atoms with Gasteiger partial charge in [0.05, 0.1) is 31.6 Å². The maximum Gasteiger partial charge on any atom is 0.163 e. The first kappa shape index (κ1) is 21.1. The first-order valence-electron chi connectivity index (χ1n) is 11.2. The molecule has 2 N–H and O–H groups in total. The summed E-state index contributed by atoms with van der Waals surface area (Å²) in [5.74, 6) is 1.59. The minimum absolute atomic E-state index is 0.0620. The van der Waals surface area contributed by atoms with Crippen LogP contribution in [0.1, 0.15) is 41.5 Å². The van der Waals surface area contributed by atoms with E-state index in [4.69, 9.17) is 9.47 Å². The van der Waals surface area contributed by atoms with Crippen molar-refractivity contribution < 1.29 is 14.3 Å². The summed E-state index contributed by atoms with van der Waals surface area (Å²) in [6.07, 6.45) is 1.20. The number of methoxy groups -OCH3 is 2. The first-order chi connectivity index (χ1) is 16.1. The summed E-state index contributed by atoms with van der Waals surface area (Å²) >= 11 is 0.